The Labute approximate surface area is 145 Å². The first-order valence-corrected chi connectivity index (χ1v) is 8.39. The highest BCUT2D eigenvalue weighted by Gasteiger charge is 2.59. The number of Topliss-reactive ketones (excluding diaryl/α,β-unsaturated/α-hetero) is 2. The van der Waals surface area contributed by atoms with Crippen molar-refractivity contribution in [2.75, 3.05) is 6.54 Å². The van der Waals surface area contributed by atoms with E-state index in [0.29, 0.717) is 29.5 Å². The molecular formula is C20H19NO4. The van der Waals surface area contributed by atoms with E-state index >= 15 is 0 Å². The lowest BCUT2D eigenvalue weighted by Gasteiger charge is -2.33. The van der Waals surface area contributed by atoms with Crippen LogP contribution in [0.1, 0.15) is 46.0 Å². The van der Waals surface area contributed by atoms with Gasteiger partial charge >= 0.3 is 0 Å². The molecule has 128 valence electrons. The summed E-state index contributed by atoms with van der Waals surface area (Å²) < 4.78 is 0. The number of rotatable bonds is 6. The number of nitrogens with zero attached hydrogens (tertiary/aromatic N) is 1. The molecule has 1 aliphatic carbocycles. The molecule has 0 saturated carbocycles. The van der Waals surface area contributed by atoms with Gasteiger partial charge in [-0.1, -0.05) is 67.9 Å². The van der Waals surface area contributed by atoms with E-state index in [1.807, 2.05) is 6.92 Å². The highest BCUT2D eigenvalue weighted by Crippen LogP contribution is 2.46. The number of carbonyl (C=O) groups is 2. The molecule has 0 heterocycles. The van der Waals surface area contributed by atoms with E-state index < -0.39 is 22.8 Å². The SMILES string of the molecule is CCCC(C[N+](=O)[O-])C1(c2ccccc2)C(=O)c2ccccc2C1=O. The number of ketones is 2. The Morgan fingerprint density at radius 3 is 1.96 bits per heavy atom. The lowest BCUT2D eigenvalue weighted by molar-refractivity contribution is -0.489. The average molecular weight is 337 g/mol. The first-order chi connectivity index (χ1) is 12.0. The maximum atomic E-state index is 13.4. The van der Waals surface area contributed by atoms with Gasteiger partial charge in [-0.15, -0.1) is 0 Å². The third-order valence-corrected chi connectivity index (χ3v) is 4.98. The Bertz CT molecular complexity index is 794. The summed E-state index contributed by atoms with van der Waals surface area (Å²) in [6.45, 7) is 1.50. The molecule has 0 bridgehead atoms. The fourth-order valence-electron chi connectivity index (χ4n) is 3.95. The lowest BCUT2D eigenvalue weighted by atomic mass is 9.65. The van der Waals surface area contributed by atoms with Crippen LogP contribution in [0, 0.1) is 16.0 Å². The number of benzene rings is 2. The summed E-state index contributed by atoms with van der Waals surface area (Å²) in [6.07, 6.45) is 1.09. The molecule has 0 radical (unpaired) electrons. The second-order valence-electron chi connectivity index (χ2n) is 6.38. The minimum absolute atomic E-state index is 0.320. The van der Waals surface area contributed by atoms with E-state index in [-0.39, 0.29) is 11.6 Å². The van der Waals surface area contributed by atoms with Crippen molar-refractivity contribution >= 4 is 11.6 Å². The van der Waals surface area contributed by atoms with Gasteiger partial charge in [-0.25, -0.2) is 0 Å². The monoisotopic (exact) mass is 337 g/mol. The van der Waals surface area contributed by atoms with Crippen LogP contribution < -0.4 is 0 Å². The van der Waals surface area contributed by atoms with Gasteiger partial charge in [0, 0.05) is 22.0 Å². The van der Waals surface area contributed by atoms with Gasteiger partial charge in [-0.3, -0.25) is 19.7 Å². The second-order valence-corrected chi connectivity index (χ2v) is 6.38. The first kappa shape index (κ1) is 17.0. The summed E-state index contributed by atoms with van der Waals surface area (Å²) in [5.41, 5.74) is -0.239. The van der Waals surface area contributed by atoms with E-state index in [1.54, 1.807) is 54.6 Å². The zero-order chi connectivity index (χ0) is 18.0. The molecule has 25 heavy (non-hydrogen) atoms. The molecule has 1 atom stereocenters. The van der Waals surface area contributed by atoms with Crippen LogP contribution in [0.25, 0.3) is 0 Å². The van der Waals surface area contributed by atoms with Gasteiger partial charge in [0.2, 0.25) is 6.54 Å². The van der Waals surface area contributed by atoms with Crippen molar-refractivity contribution in [1.82, 2.24) is 0 Å². The molecule has 3 rings (SSSR count). The molecule has 1 aliphatic rings. The Balaban J connectivity index is 2.26. The Kier molecular flexibility index (Phi) is 4.49. The van der Waals surface area contributed by atoms with Gasteiger partial charge in [0.05, 0.1) is 0 Å². The highest BCUT2D eigenvalue weighted by atomic mass is 16.6. The Morgan fingerprint density at radius 1 is 0.960 bits per heavy atom. The lowest BCUT2D eigenvalue weighted by Crippen LogP contribution is -2.48. The summed E-state index contributed by atoms with van der Waals surface area (Å²) in [5.74, 6) is -1.32. The van der Waals surface area contributed by atoms with Crippen LogP contribution in [0.5, 0.6) is 0 Å². The second kappa shape index (κ2) is 6.59. The van der Waals surface area contributed by atoms with Gasteiger partial charge in [0.1, 0.15) is 5.41 Å². The van der Waals surface area contributed by atoms with E-state index in [1.165, 1.54) is 0 Å². The number of hydrogen-bond donors (Lipinski definition) is 0. The van der Waals surface area contributed by atoms with Crippen molar-refractivity contribution in [2.24, 2.45) is 5.92 Å². The van der Waals surface area contributed by atoms with Crippen LogP contribution in [-0.2, 0) is 5.41 Å². The number of hydrogen-bond acceptors (Lipinski definition) is 4. The molecule has 0 aromatic heterocycles. The molecular weight excluding hydrogens is 318 g/mol. The van der Waals surface area contributed by atoms with E-state index in [9.17, 15) is 19.7 Å². The standard InChI is InChI=1S/C20H19NO4/c1-2-8-15(13-21(24)25)20(14-9-4-3-5-10-14)18(22)16-11-6-7-12-17(16)19(20)23/h3-7,9-12,15H,2,8,13H2,1H3. The zero-order valence-electron chi connectivity index (χ0n) is 14.0. The third kappa shape index (κ3) is 2.56. The summed E-state index contributed by atoms with van der Waals surface area (Å²) >= 11 is 0. The fraction of sp³-hybridized carbons (Fsp3) is 0.300. The van der Waals surface area contributed by atoms with Gasteiger partial charge < -0.3 is 0 Å². The van der Waals surface area contributed by atoms with Crippen molar-refractivity contribution in [3.63, 3.8) is 0 Å². The predicted molar refractivity (Wildman–Crippen MR) is 93.5 cm³/mol. The molecule has 0 amide bonds. The van der Waals surface area contributed by atoms with Gasteiger partial charge in [0.25, 0.3) is 0 Å². The van der Waals surface area contributed by atoms with Crippen molar-refractivity contribution < 1.29 is 14.5 Å². The molecule has 0 saturated heterocycles. The Hall–Kier alpha value is -2.82. The van der Waals surface area contributed by atoms with Crippen LogP contribution >= 0.6 is 0 Å². The van der Waals surface area contributed by atoms with Crippen molar-refractivity contribution in [3.05, 3.63) is 81.4 Å². The number of fused-ring (bicyclic) bond motifs is 1. The predicted octanol–water partition coefficient (Wildman–Crippen LogP) is 3.70. The molecule has 2 aromatic carbocycles. The fourth-order valence-corrected chi connectivity index (χ4v) is 3.95. The summed E-state index contributed by atoms with van der Waals surface area (Å²) in [4.78, 5) is 37.6. The molecule has 0 spiro atoms. The topological polar surface area (TPSA) is 77.3 Å². The molecule has 5 nitrogen and oxygen atoms in total. The van der Waals surface area contributed by atoms with Crippen molar-refractivity contribution in [3.8, 4) is 0 Å². The zero-order valence-corrected chi connectivity index (χ0v) is 14.0. The first-order valence-electron chi connectivity index (χ1n) is 8.39. The summed E-state index contributed by atoms with van der Waals surface area (Å²) in [5, 5.41) is 11.3. The summed E-state index contributed by atoms with van der Waals surface area (Å²) in [7, 11) is 0. The maximum absolute atomic E-state index is 13.4. The minimum atomic E-state index is -1.51. The molecule has 5 heteroatoms. The van der Waals surface area contributed by atoms with Crippen LogP contribution in [0.4, 0.5) is 0 Å². The molecule has 0 fully saturated rings. The van der Waals surface area contributed by atoms with E-state index in [2.05, 4.69) is 0 Å². The maximum Gasteiger partial charge on any atom is 0.208 e. The van der Waals surface area contributed by atoms with Crippen molar-refractivity contribution in [1.29, 1.82) is 0 Å². The summed E-state index contributed by atoms with van der Waals surface area (Å²) in [6, 6.07) is 15.5. The largest absolute Gasteiger partial charge is 0.293 e. The van der Waals surface area contributed by atoms with Crippen LogP contribution in [0.3, 0.4) is 0 Å². The van der Waals surface area contributed by atoms with Gasteiger partial charge in [0.15, 0.2) is 11.6 Å². The Morgan fingerprint density at radius 2 is 1.48 bits per heavy atom. The van der Waals surface area contributed by atoms with Gasteiger partial charge in [-0.2, -0.15) is 0 Å². The third-order valence-electron chi connectivity index (χ3n) is 4.98. The molecule has 0 aliphatic heterocycles. The van der Waals surface area contributed by atoms with E-state index in [0.717, 1.165) is 0 Å². The normalized spacial score (nSPS) is 16.5. The van der Waals surface area contributed by atoms with Gasteiger partial charge in [-0.05, 0) is 12.0 Å². The quantitative estimate of drug-likeness (QED) is 0.457. The van der Waals surface area contributed by atoms with Crippen LogP contribution in [0.2, 0.25) is 0 Å². The highest BCUT2D eigenvalue weighted by molar-refractivity contribution is 6.33. The molecule has 1 unspecified atom stereocenters. The molecule has 0 N–H and O–H groups in total. The van der Waals surface area contributed by atoms with Crippen LogP contribution in [0.15, 0.2) is 54.6 Å². The molecule has 2 aromatic rings. The number of carbonyl (C=O) groups excluding carboxylic acids is 2. The van der Waals surface area contributed by atoms with Crippen LogP contribution in [-0.4, -0.2) is 23.0 Å². The minimum Gasteiger partial charge on any atom is -0.293 e. The number of nitro groups is 1. The smallest absolute Gasteiger partial charge is 0.208 e. The van der Waals surface area contributed by atoms with Crippen molar-refractivity contribution in [2.45, 2.75) is 25.2 Å². The average Bonchev–Trinajstić information content (AvgIpc) is 2.84. The van der Waals surface area contributed by atoms with E-state index in [4.69, 9.17) is 0 Å².